The minimum atomic E-state index is 0.545. The Labute approximate surface area is 118 Å². The molecule has 0 aliphatic heterocycles. The van der Waals surface area contributed by atoms with Gasteiger partial charge in [0.2, 0.25) is 0 Å². The lowest BCUT2D eigenvalue weighted by molar-refractivity contribution is 0.804. The second-order valence-corrected chi connectivity index (χ2v) is 5.16. The average molecular weight is 263 g/mol. The van der Waals surface area contributed by atoms with Crippen molar-refractivity contribution in [1.29, 1.82) is 0 Å². The van der Waals surface area contributed by atoms with Gasteiger partial charge in [0.1, 0.15) is 5.69 Å². The van der Waals surface area contributed by atoms with Crippen LogP contribution in [0.5, 0.6) is 0 Å². The molecule has 0 radical (unpaired) electrons. The van der Waals surface area contributed by atoms with Crippen molar-refractivity contribution in [3.63, 3.8) is 0 Å². The summed E-state index contributed by atoms with van der Waals surface area (Å²) < 4.78 is 1.80. The summed E-state index contributed by atoms with van der Waals surface area (Å²) in [5, 5.41) is 8.44. The van der Waals surface area contributed by atoms with Gasteiger partial charge in [-0.2, -0.15) is 0 Å². The number of nitrogens with zero attached hydrogens (tertiary/aromatic N) is 3. The molecule has 0 aliphatic carbocycles. The molecule has 2 aromatic carbocycles. The Hall–Kier alpha value is -2.42. The molecule has 3 rings (SSSR count). The van der Waals surface area contributed by atoms with E-state index in [4.69, 9.17) is 0 Å². The second-order valence-electron chi connectivity index (χ2n) is 5.16. The molecule has 0 saturated heterocycles. The molecule has 0 atom stereocenters. The second kappa shape index (κ2) is 5.29. The molecule has 0 N–H and O–H groups in total. The highest BCUT2D eigenvalue weighted by Gasteiger charge is 2.06. The van der Waals surface area contributed by atoms with Crippen molar-refractivity contribution < 1.29 is 0 Å². The van der Waals surface area contributed by atoms with Crippen LogP contribution in [0.15, 0.2) is 60.8 Å². The smallest absolute Gasteiger partial charge is 0.113 e. The van der Waals surface area contributed by atoms with Crippen LogP contribution in [-0.4, -0.2) is 15.0 Å². The zero-order chi connectivity index (χ0) is 13.9. The van der Waals surface area contributed by atoms with E-state index in [9.17, 15) is 0 Å². The summed E-state index contributed by atoms with van der Waals surface area (Å²) in [5.74, 6) is 0.545. The summed E-state index contributed by atoms with van der Waals surface area (Å²) >= 11 is 0. The minimum Gasteiger partial charge on any atom is -0.220 e. The zero-order valence-electron chi connectivity index (χ0n) is 11.7. The summed E-state index contributed by atoms with van der Waals surface area (Å²) in [6, 6.07) is 18.5. The van der Waals surface area contributed by atoms with Gasteiger partial charge in [-0.05, 0) is 23.6 Å². The fourth-order valence-corrected chi connectivity index (χ4v) is 2.14. The van der Waals surface area contributed by atoms with E-state index in [-0.39, 0.29) is 0 Å². The first-order chi connectivity index (χ1) is 9.74. The highest BCUT2D eigenvalue weighted by atomic mass is 15.4. The Morgan fingerprint density at radius 3 is 2.25 bits per heavy atom. The van der Waals surface area contributed by atoms with Gasteiger partial charge in [0.05, 0.1) is 11.9 Å². The van der Waals surface area contributed by atoms with Gasteiger partial charge < -0.3 is 0 Å². The molecule has 0 spiro atoms. The molecule has 20 heavy (non-hydrogen) atoms. The Kier molecular flexibility index (Phi) is 3.33. The van der Waals surface area contributed by atoms with Crippen LogP contribution in [0, 0.1) is 0 Å². The van der Waals surface area contributed by atoms with E-state index < -0.39 is 0 Å². The third kappa shape index (κ3) is 2.48. The van der Waals surface area contributed by atoms with Gasteiger partial charge in [-0.3, -0.25) is 0 Å². The highest BCUT2D eigenvalue weighted by molar-refractivity contribution is 5.58. The van der Waals surface area contributed by atoms with E-state index in [2.05, 4.69) is 48.4 Å². The third-order valence-electron chi connectivity index (χ3n) is 3.39. The molecule has 0 amide bonds. The SMILES string of the molecule is CC(C)c1ccc(-c2cn(-c3ccccc3)nn2)cc1. The van der Waals surface area contributed by atoms with Crippen molar-refractivity contribution in [3.8, 4) is 16.9 Å². The van der Waals surface area contributed by atoms with Gasteiger partial charge in [-0.1, -0.05) is 61.5 Å². The van der Waals surface area contributed by atoms with Crippen molar-refractivity contribution >= 4 is 0 Å². The fraction of sp³-hybridized carbons (Fsp3) is 0.176. The van der Waals surface area contributed by atoms with Gasteiger partial charge in [0, 0.05) is 5.56 Å². The number of para-hydroxylation sites is 1. The number of hydrogen-bond acceptors (Lipinski definition) is 2. The lowest BCUT2D eigenvalue weighted by Gasteiger charge is -2.05. The summed E-state index contributed by atoms with van der Waals surface area (Å²) in [6.45, 7) is 4.39. The molecule has 1 aromatic heterocycles. The van der Waals surface area contributed by atoms with Crippen LogP contribution in [-0.2, 0) is 0 Å². The van der Waals surface area contributed by atoms with Gasteiger partial charge >= 0.3 is 0 Å². The summed E-state index contributed by atoms with van der Waals surface area (Å²) in [4.78, 5) is 0. The number of aromatic nitrogens is 3. The maximum atomic E-state index is 4.25. The van der Waals surface area contributed by atoms with E-state index in [1.165, 1.54) is 5.56 Å². The van der Waals surface area contributed by atoms with E-state index >= 15 is 0 Å². The Morgan fingerprint density at radius 2 is 1.60 bits per heavy atom. The van der Waals surface area contributed by atoms with E-state index in [0.29, 0.717) is 5.92 Å². The Bertz CT molecular complexity index is 682. The van der Waals surface area contributed by atoms with Crippen LogP contribution < -0.4 is 0 Å². The van der Waals surface area contributed by atoms with E-state index in [1.807, 2.05) is 36.5 Å². The van der Waals surface area contributed by atoms with Crippen LogP contribution in [0.2, 0.25) is 0 Å². The van der Waals surface area contributed by atoms with Crippen molar-refractivity contribution in [2.75, 3.05) is 0 Å². The molecule has 1 heterocycles. The van der Waals surface area contributed by atoms with Crippen LogP contribution in [0.3, 0.4) is 0 Å². The summed E-state index contributed by atoms with van der Waals surface area (Å²) in [5.41, 5.74) is 4.34. The van der Waals surface area contributed by atoms with Gasteiger partial charge in [-0.15, -0.1) is 5.10 Å². The molecule has 0 saturated carbocycles. The average Bonchev–Trinajstić information content (AvgIpc) is 2.98. The van der Waals surface area contributed by atoms with Gasteiger partial charge in [0.25, 0.3) is 0 Å². The first-order valence-corrected chi connectivity index (χ1v) is 6.82. The van der Waals surface area contributed by atoms with E-state index in [0.717, 1.165) is 16.9 Å². The monoisotopic (exact) mass is 263 g/mol. The normalized spacial score (nSPS) is 10.9. The molecule has 0 fully saturated rings. The van der Waals surface area contributed by atoms with Crippen LogP contribution >= 0.6 is 0 Å². The molecule has 3 nitrogen and oxygen atoms in total. The largest absolute Gasteiger partial charge is 0.220 e. The molecule has 100 valence electrons. The van der Waals surface area contributed by atoms with Crippen LogP contribution in [0.4, 0.5) is 0 Å². The predicted octanol–water partition coefficient (Wildman–Crippen LogP) is 4.06. The maximum absolute atomic E-state index is 4.25. The highest BCUT2D eigenvalue weighted by Crippen LogP contribution is 2.21. The first-order valence-electron chi connectivity index (χ1n) is 6.82. The molecule has 3 heteroatoms. The molecule has 0 unspecified atom stereocenters. The van der Waals surface area contributed by atoms with Crippen LogP contribution in [0.1, 0.15) is 25.3 Å². The minimum absolute atomic E-state index is 0.545. The maximum Gasteiger partial charge on any atom is 0.113 e. The van der Waals surface area contributed by atoms with Crippen LogP contribution in [0.25, 0.3) is 16.9 Å². The van der Waals surface area contributed by atoms with Crippen molar-refractivity contribution in [3.05, 3.63) is 66.4 Å². The van der Waals surface area contributed by atoms with Gasteiger partial charge in [-0.25, -0.2) is 4.68 Å². The van der Waals surface area contributed by atoms with Crippen molar-refractivity contribution in [2.45, 2.75) is 19.8 Å². The van der Waals surface area contributed by atoms with E-state index in [1.54, 1.807) is 4.68 Å². The fourth-order valence-electron chi connectivity index (χ4n) is 2.14. The van der Waals surface area contributed by atoms with Gasteiger partial charge in [0.15, 0.2) is 0 Å². The molecule has 0 bridgehead atoms. The Balaban J connectivity index is 1.90. The third-order valence-corrected chi connectivity index (χ3v) is 3.39. The lowest BCUT2D eigenvalue weighted by atomic mass is 10.0. The zero-order valence-corrected chi connectivity index (χ0v) is 11.7. The topological polar surface area (TPSA) is 30.7 Å². The Morgan fingerprint density at radius 1 is 0.900 bits per heavy atom. The molecular weight excluding hydrogens is 246 g/mol. The lowest BCUT2D eigenvalue weighted by Crippen LogP contribution is -1.93. The first kappa shape index (κ1) is 12.6. The molecular formula is C17H17N3. The summed E-state index contributed by atoms with van der Waals surface area (Å²) in [7, 11) is 0. The predicted molar refractivity (Wildman–Crippen MR) is 80.9 cm³/mol. The molecule has 0 aliphatic rings. The number of rotatable bonds is 3. The van der Waals surface area contributed by atoms with Crippen molar-refractivity contribution in [2.24, 2.45) is 0 Å². The number of hydrogen-bond donors (Lipinski definition) is 0. The van der Waals surface area contributed by atoms with Crippen molar-refractivity contribution in [1.82, 2.24) is 15.0 Å². The standard InChI is InChI=1S/C17H17N3/c1-13(2)14-8-10-15(11-9-14)17-12-20(19-18-17)16-6-4-3-5-7-16/h3-13H,1-2H3. The molecule has 3 aromatic rings. The number of benzene rings is 2. The quantitative estimate of drug-likeness (QED) is 0.713. The summed E-state index contributed by atoms with van der Waals surface area (Å²) in [6.07, 6.45) is 1.96.